The molecule has 1 heterocycles. The largest absolute Gasteiger partial charge is 0.497 e. The summed E-state index contributed by atoms with van der Waals surface area (Å²) in [5, 5.41) is 5.22. The third-order valence-corrected chi connectivity index (χ3v) is 6.57. The van der Waals surface area contributed by atoms with Crippen molar-refractivity contribution >= 4 is 46.1 Å². The van der Waals surface area contributed by atoms with E-state index in [1.54, 1.807) is 30.3 Å². The van der Waals surface area contributed by atoms with Crippen molar-refractivity contribution < 1.29 is 23.5 Å². The number of carbonyl (C=O) groups is 3. The highest BCUT2D eigenvalue weighted by molar-refractivity contribution is 14.1. The van der Waals surface area contributed by atoms with Crippen molar-refractivity contribution in [1.82, 2.24) is 10.2 Å². The van der Waals surface area contributed by atoms with E-state index in [9.17, 15) is 18.8 Å². The van der Waals surface area contributed by atoms with E-state index in [2.05, 4.69) is 10.6 Å². The summed E-state index contributed by atoms with van der Waals surface area (Å²) in [6, 6.07) is 15.7. The summed E-state index contributed by atoms with van der Waals surface area (Å²) in [7, 11) is 1.53. The minimum absolute atomic E-state index is 0.0241. The second-order valence-corrected chi connectivity index (χ2v) is 9.37. The average Bonchev–Trinajstić information content (AvgIpc) is 3.14. The number of methoxy groups -OCH3 is 1. The van der Waals surface area contributed by atoms with Crippen molar-refractivity contribution in [3.63, 3.8) is 0 Å². The van der Waals surface area contributed by atoms with Crippen LogP contribution in [0.3, 0.4) is 0 Å². The monoisotopic (exact) mass is 587 g/mol. The Hall–Kier alpha value is -3.47. The molecule has 0 aromatic heterocycles. The van der Waals surface area contributed by atoms with Crippen molar-refractivity contribution in [3.05, 3.63) is 92.8 Å². The van der Waals surface area contributed by atoms with E-state index in [1.165, 1.54) is 19.2 Å². The molecular weight excluding hydrogens is 564 g/mol. The first-order chi connectivity index (χ1) is 16.8. The van der Waals surface area contributed by atoms with Gasteiger partial charge >= 0.3 is 6.03 Å². The Morgan fingerprint density at radius 1 is 1.14 bits per heavy atom. The summed E-state index contributed by atoms with van der Waals surface area (Å²) >= 11 is 1.97. The van der Waals surface area contributed by atoms with Gasteiger partial charge in [-0.15, -0.1) is 0 Å². The molecule has 0 bridgehead atoms. The van der Waals surface area contributed by atoms with E-state index >= 15 is 0 Å². The Morgan fingerprint density at radius 3 is 2.51 bits per heavy atom. The van der Waals surface area contributed by atoms with E-state index in [1.807, 2.05) is 53.8 Å². The van der Waals surface area contributed by atoms with Crippen LogP contribution >= 0.6 is 22.6 Å². The number of urea groups is 1. The molecule has 3 aromatic carbocycles. The Kier molecular flexibility index (Phi) is 7.34. The number of hydrogen-bond acceptors (Lipinski definition) is 4. The number of halogens is 2. The second-order valence-electron chi connectivity index (χ2n) is 8.12. The third kappa shape index (κ3) is 5.29. The van der Waals surface area contributed by atoms with Gasteiger partial charge in [0.2, 0.25) is 5.91 Å². The van der Waals surface area contributed by atoms with Gasteiger partial charge in [0.15, 0.2) is 0 Å². The van der Waals surface area contributed by atoms with E-state index in [0.717, 1.165) is 16.0 Å². The molecule has 4 amide bonds. The number of ether oxygens (including phenoxy) is 1. The molecule has 2 atom stereocenters. The van der Waals surface area contributed by atoms with Crippen LogP contribution in [0.2, 0.25) is 0 Å². The molecular formula is C26H23FIN3O4. The molecule has 7 nitrogen and oxygen atoms in total. The highest BCUT2D eigenvalue weighted by Crippen LogP contribution is 2.28. The molecule has 0 saturated carbocycles. The Morgan fingerprint density at radius 2 is 1.86 bits per heavy atom. The first-order valence-corrected chi connectivity index (χ1v) is 11.9. The van der Waals surface area contributed by atoms with Gasteiger partial charge in [0, 0.05) is 9.99 Å². The summed E-state index contributed by atoms with van der Waals surface area (Å²) in [5.41, 5.74) is 2.24. The first-order valence-electron chi connectivity index (χ1n) is 10.9. The number of nitrogens with zero attached hydrogens (tertiary/aromatic N) is 1. The quantitative estimate of drug-likeness (QED) is 0.313. The molecule has 0 radical (unpaired) electrons. The summed E-state index contributed by atoms with van der Waals surface area (Å²) in [5.74, 6) is -1.21. The molecule has 2 N–H and O–H groups in total. The van der Waals surface area contributed by atoms with Crippen molar-refractivity contribution in [2.24, 2.45) is 0 Å². The number of benzene rings is 3. The number of amides is 4. The fraction of sp³-hybridized carbons (Fsp3) is 0.192. The summed E-state index contributed by atoms with van der Waals surface area (Å²) in [6.45, 7) is 1.88. The van der Waals surface area contributed by atoms with Crippen LogP contribution in [0.15, 0.2) is 66.7 Å². The Labute approximate surface area is 215 Å². The van der Waals surface area contributed by atoms with Gasteiger partial charge in [0.25, 0.3) is 5.91 Å². The zero-order chi connectivity index (χ0) is 25.1. The number of aryl methyl sites for hydroxylation is 1. The molecule has 180 valence electrons. The molecule has 0 spiro atoms. The van der Waals surface area contributed by atoms with Crippen molar-refractivity contribution in [2.75, 3.05) is 12.4 Å². The number of nitrogens with one attached hydrogen (secondary N) is 2. The highest BCUT2D eigenvalue weighted by atomic mass is 127. The highest BCUT2D eigenvalue weighted by Gasteiger charge is 2.45. The summed E-state index contributed by atoms with van der Waals surface area (Å²) < 4.78 is 20.3. The van der Waals surface area contributed by atoms with Crippen molar-refractivity contribution in [1.29, 1.82) is 0 Å². The van der Waals surface area contributed by atoms with Crippen molar-refractivity contribution in [2.45, 2.75) is 25.4 Å². The van der Waals surface area contributed by atoms with Gasteiger partial charge in [-0.25, -0.2) is 14.1 Å². The summed E-state index contributed by atoms with van der Waals surface area (Å²) in [6.07, 6.45) is 0.0823. The molecule has 4 rings (SSSR count). The van der Waals surface area contributed by atoms with Gasteiger partial charge in [-0.05, 0) is 76.5 Å². The fourth-order valence-corrected chi connectivity index (χ4v) is 4.42. The lowest BCUT2D eigenvalue weighted by Crippen LogP contribution is -2.49. The Bertz CT molecular complexity index is 1280. The average molecular weight is 587 g/mol. The van der Waals surface area contributed by atoms with E-state index in [0.29, 0.717) is 14.9 Å². The molecule has 1 saturated heterocycles. The maximum atomic E-state index is 14.5. The van der Waals surface area contributed by atoms with Crippen LogP contribution in [0.25, 0.3) is 0 Å². The van der Waals surface area contributed by atoms with E-state index < -0.39 is 35.7 Å². The minimum atomic E-state index is -1.19. The first kappa shape index (κ1) is 24.6. The topological polar surface area (TPSA) is 87.7 Å². The molecule has 35 heavy (non-hydrogen) atoms. The predicted molar refractivity (Wildman–Crippen MR) is 138 cm³/mol. The van der Waals surface area contributed by atoms with Crippen LogP contribution in [-0.4, -0.2) is 35.9 Å². The lowest BCUT2D eigenvalue weighted by molar-refractivity contribution is -0.134. The van der Waals surface area contributed by atoms with Crippen LogP contribution in [-0.2, 0) is 16.0 Å². The number of anilines is 1. The zero-order valence-electron chi connectivity index (χ0n) is 19.0. The van der Waals surface area contributed by atoms with Crippen LogP contribution in [0, 0.1) is 16.3 Å². The fourth-order valence-electron chi connectivity index (χ4n) is 3.97. The number of carbonyl (C=O) groups excluding carboxylic acids is 3. The van der Waals surface area contributed by atoms with Crippen LogP contribution in [0.4, 0.5) is 14.9 Å². The maximum Gasteiger partial charge on any atom is 0.325 e. The van der Waals surface area contributed by atoms with Gasteiger partial charge in [-0.1, -0.05) is 36.4 Å². The van der Waals surface area contributed by atoms with Gasteiger partial charge in [-0.3, -0.25) is 9.59 Å². The second kappa shape index (κ2) is 10.4. The number of imide groups is 1. The van der Waals surface area contributed by atoms with Crippen LogP contribution < -0.4 is 15.4 Å². The van der Waals surface area contributed by atoms with E-state index in [4.69, 9.17) is 4.74 Å². The van der Waals surface area contributed by atoms with Gasteiger partial charge in [0.1, 0.15) is 23.7 Å². The SMILES string of the molecule is COc1ccc([C@H]2NC(=O)N([C@@H](Cc3ccccc3C)C(=O)Nc3ccc(I)cc3F)C2=O)cc1. The zero-order valence-corrected chi connectivity index (χ0v) is 21.2. The van der Waals surface area contributed by atoms with Gasteiger partial charge in [0.05, 0.1) is 12.8 Å². The normalized spacial score (nSPS) is 16.1. The molecule has 0 aliphatic carbocycles. The molecule has 0 unspecified atom stereocenters. The minimum Gasteiger partial charge on any atom is -0.497 e. The standard InChI is InChI=1S/C26H23FIN3O4/c1-15-5-3-4-6-17(15)13-22(24(32)29-21-12-9-18(28)14-20(21)27)31-25(33)23(30-26(31)34)16-7-10-19(35-2)11-8-16/h3-12,14,22-23H,13H2,1-2H3,(H,29,32)(H,30,34)/t22-,23+/m0/s1. The smallest absolute Gasteiger partial charge is 0.325 e. The molecule has 3 aromatic rings. The lowest BCUT2D eigenvalue weighted by Gasteiger charge is -2.25. The molecule has 9 heteroatoms. The number of hydrogen-bond donors (Lipinski definition) is 2. The van der Waals surface area contributed by atoms with Crippen LogP contribution in [0.5, 0.6) is 5.75 Å². The van der Waals surface area contributed by atoms with Gasteiger partial charge in [-0.2, -0.15) is 0 Å². The number of rotatable bonds is 7. The molecule has 1 aliphatic rings. The molecule has 1 aliphatic heterocycles. The van der Waals surface area contributed by atoms with Crippen molar-refractivity contribution in [3.8, 4) is 5.75 Å². The van der Waals surface area contributed by atoms with Gasteiger partial charge < -0.3 is 15.4 Å². The molecule has 1 fully saturated rings. The van der Waals surface area contributed by atoms with E-state index in [-0.39, 0.29) is 12.1 Å². The van der Waals surface area contributed by atoms with Crippen LogP contribution in [0.1, 0.15) is 22.7 Å². The third-order valence-electron chi connectivity index (χ3n) is 5.90. The lowest BCUT2D eigenvalue weighted by atomic mass is 9.99. The maximum absolute atomic E-state index is 14.5. The Balaban J connectivity index is 1.66. The summed E-state index contributed by atoms with van der Waals surface area (Å²) in [4.78, 5) is 40.7. The predicted octanol–water partition coefficient (Wildman–Crippen LogP) is 4.59.